The lowest BCUT2D eigenvalue weighted by Gasteiger charge is -2.22. The molecule has 1 aliphatic carbocycles. The predicted molar refractivity (Wildman–Crippen MR) is 94.6 cm³/mol. The molecule has 6 nitrogen and oxygen atoms in total. The number of halogens is 2. The monoisotopic (exact) mass is 342 g/mol. The van der Waals surface area contributed by atoms with Gasteiger partial charge in [0.15, 0.2) is 0 Å². The lowest BCUT2D eigenvalue weighted by atomic mass is 9.86. The van der Waals surface area contributed by atoms with Gasteiger partial charge in [-0.3, -0.25) is 5.41 Å². The van der Waals surface area contributed by atoms with Crippen molar-refractivity contribution in [3.8, 4) is 0 Å². The first-order valence-corrected chi connectivity index (χ1v) is 6.78. The molecule has 0 saturated carbocycles. The van der Waals surface area contributed by atoms with Gasteiger partial charge in [0, 0.05) is 11.1 Å². The highest BCUT2D eigenvalue weighted by Crippen LogP contribution is 2.25. The minimum atomic E-state index is 0. The van der Waals surface area contributed by atoms with E-state index in [-0.39, 0.29) is 30.6 Å². The predicted octanol–water partition coefficient (Wildman–Crippen LogP) is 1.48. The Morgan fingerprint density at radius 2 is 2.05 bits per heavy atom. The Bertz CT molecular complexity index is 626. The fourth-order valence-electron chi connectivity index (χ4n) is 2.75. The van der Waals surface area contributed by atoms with Crippen molar-refractivity contribution in [1.82, 2.24) is 5.01 Å². The van der Waals surface area contributed by atoms with Crippen LogP contribution in [0.15, 0.2) is 28.3 Å². The Morgan fingerprint density at radius 3 is 2.68 bits per heavy atom. The minimum Gasteiger partial charge on any atom is -0.384 e. The molecule has 0 radical (unpaired) electrons. The first kappa shape index (κ1) is 18.3. The number of rotatable bonds is 2. The maximum absolute atomic E-state index is 7.69. The van der Waals surface area contributed by atoms with Crippen LogP contribution in [0.4, 0.5) is 0 Å². The average molecular weight is 343 g/mol. The molecule has 0 atom stereocenters. The van der Waals surface area contributed by atoms with Crippen LogP contribution < -0.4 is 11.5 Å². The molecule has 22 heavy (non-hydrogen) atoms. The van der Waals surface area contributed by atoms with Gasteiger partial charge in [-0.15, -0.1) is 24.8 Å². The van der Waals surface area contributed by atoms with Crippen molar-refractivity contribution in [2.45, 2.75) is 19.3 Å². The summed E-state index contributed by atoms with van der Waals surface area (Å²) in [4.78, 5) is 4.14. The lowest BCUT2D eigenvalue weighted by molar-refractivity contribution is 0.482. The third-order valence-electron chi connectivity index (χ3n) is 3.71. The second-order valence-electron chi connectivity index (χ2n) is 5.01. The molecule has 1 heterocycles. The first-order valence-electron chi connectivity index (χ1n) is 6.78. The minimum absolute atomic E-state index is 0. The quantitative estimate of drug-likeness (QED) is 0.560. The van der Waals surface area contributed by atoms with E-state index < -0.39 is 0 Å². The van der Waals surface area contributed by atoms with Gasteiger partial charge in [0.2, 0.25) is 5.96 Å². The largest absolute Gasteiger partial charge is 0.384 e. The maximum atomic E-state index is 7.69. The topological polar surface area (TPSA) is 104 Å². The molecule has 0 saturated heterocycles. The first-order chi connectivity index (χ1) is 9.66. The lowest BCUT2D eigenvalue weighted by Crippen LogP contribution is -2.31. The fourth-order valence-corrected chi connectivity index (χ4v) is 2.75. The van der Waals surface area contributed by atoms with Gasteiger partial charge in [-0.2, -0.15) is 5.10 Å². The van der Waals surface area contributed by atoms with Gasteiger partial charge < -0.3 is 11.5 Å². The molecule has 120 valence electrons. The number of aliphatic imine (C=N–C) groups is 1. The van der Waals surface area contributed by atoms with E-state index in [1.807, 2.05) is 18.2 Å². The number of nitrogen functional groups attached to an aromatic ring is 1. The highest BCUT2D eigenvalue weighted by Gasteiger charge is 2.21. The van der Waals surface area contributed by atoms with Crippen molar-refractivity contribution in [1.29, 1.82) is 5.41 Å². The van der Waals surface area contributed by atoms with Crippen molar-refractivity contribution in [3.63, 3.8) is 0 Å². The van der Waals surface area contributed by atoms with Crippen LogP contribution in [0, 0.1) is 5.41 Å². The van der Waals surface area contributed by atoms with Gasteiger partial charge in [0.05, 0.1) is 18.8 Å². The molecule has 0 spiro atoms. The summed E-state index contributed by atoms with van der Waals surface area (Å²) >= 11 is 0. The zero-order valence-corrected chi connectivity index (χ0v) is 13.7. The van der Waals surface area contributed by atoms with E-state index in [2.05, 4.69) is 10.1 Å². The van der Waals surface area contributed by atoms with Gasteiger partial charge in [-0.05, 0) is 24.8 Å². The van der Waals surface area contributed by atoms with Crippen LogP contribution in [0.5, 0.6) is 0 Å². The van der Waals surface area contributed by atoms with Gasteiger partial charge in [0.1, 0.15) is 5.84 Å². The van der Waals surface area contributed by atoms with Crippen molar-refractivity contribution >= 4 is 42.3 Å². The van der Waals surface area contributed by atoms with Crippen LogP contribution in [0.25, 0.3) is 0 Å². The molecular formula is C14H20Cl2N6. The summed E-state index contributed by atoms with van der Waals surface area (Å²) in [6.45, 7) is 1.43. The van der Waals surface area contributed by atoms with Crippen LogP contribution in [0.2, 0.25) is 0 Å². The second kappa shape index (κ2) is 7.47. The molecular weight excluding hydrogens is 323 g/mol. The molecule has 3 rings (SSSR count). The number of fused-ring (bicyclic) bond motifs is 1. The van der Waals surface area contributed by atoms with Gasteiger partial charge in [0.25, 0.3) is 0 Å². The molecule has 1 aromatic rings. The Morgan fingerprint density at radius 1 is 1.27 bits per heavy atom. The number of amidine groups is 1. The summed E-state index contributed by atoms with van der Waals surface area (Å²) in [6.07, 6.45) is 2.87. The van der Waals surface area contributed by atoms with Gasteiger partial charge in [-0.25, -0.2) is 10.0 Å². The van der Waals surface area contributed by atoms with Crippen molar-refractivity contribution < 1.29 is 0 Å². The van der Waals surface area contributed by atoms with Crippen molar-refractivity contribution in [2.24, 2.45) is 21.6 Å². The number of nitrogens with two attached hydrogens (primary N) is 2. The summed E-state index contributed by atoms with van der Waals surface area (Å²) < 4.78 is 0. The summed E-state index contributed by atoms with van der Waals surface area (Å²) in [6, 6.07) is 5.87. The number of benzene rings is 1. The summed E-state index contributed by atoms with van der Waals surface area (Å²) in [7, 11) is 0. The molecule has 0 fully saturated rings. The van der Waals surface area contributed by atoms with E-state index in [0.717, 1.165) is 48.2 Å². The van der Waals surface area contributed by atoms with Gasteiger partial charge in [-0.1, -0.05) is 18.2 Å². The van der Waals surface area contributed by atoms with E-state index in [1.165, 1.54) is 0 Å². The summed E-state index contributed by atoms with van der Waals surface area (Å²) in [5.41, 5.74) is 15.5. The molecule has 8 heteroatoms. The van der Waals surface area contributed by atoms with E-state index in [0.29, 0.717) is 12.5 Å². The van der Waals surface area contributed by atoms with Crippen LogP contribution in [0.3, 0.4) is 0 Å². The number of hydrogen-bond donors (Lipinski definition) is 3. The number of nitrogens with one attached hydrogen (secondary N) is 1. The third-order valence-corrected chi connectivity index (χ3v) is 3.71. The average Bonchev–Trinajstić information content (AvgIpc) is 2.84. The standard InChI is InChI=1S/C14H18N6.2ClH/c15-13(16)11-5-1-4-10-9(11)3-2-6-12(10)19-20-8-7-18-14(20)17;;/h1,4-5H,2-3,6-8H2,(H3,15,16)(H2,17,18);2*1H. The Hall–Kier alpha value is -1.79. The molecule has 0 aromatic heterocycles. The summed E-state index contributed by atoms with van der Waals surface area (Å²) in [5.74, 6) is 0.595. The highest BCUT2D eigenvalue weighted by molar-refractivity contribution is 6.07. The molecule has 1 aliphatic heterocycles. The third kappa shape index (κ3) is 3.34. The number of guanidine groups is 1. The zero-order chi connectivity index (χ0) is 14.1. The SMILES string of the molecule is Cl.Cl.N=C(N)c1cccc2c1CCCC2=NN1CCN=C1N. The summed E-state index contributed by atoms with van der Waals surface area (Å²) in [5, 5.41) is 14.1. The van der Waals surface area contributed by atoms with E-state index >= 15 is 0 Å². The number of nitrogens with zero attached hydrogens (tertiary/aromatic N) is 3. The normalized spacial score (nSPS) is 18.1. The Kier molecular flexibility index (Phi) is 6.20. The Labute approximate surface area is 142 Å². The van der Waals surface area contributed by atoms with Crippen molar-refractivity contribution in [3.05, 3.63) is 34.9 Å². The molecule has 0 unspecified atom stereocenters. The molecule has 0 bridgehead atoms. The van der Waals surface area contributed by atoms with E-state index in [9.17, 15) is 0 Å². The fraction of sp³-hybridized carbons (Fsp3) is 0.357. The van der Waals surface area contributed by atoms with Crippen LogP contribution in [0.1, 0.15) is 29.5 Å². The smallest absolute Gasteiger partial charge is 0.212 e. The molecule has 1 aromatic carbocycles. The zero-order valence-electron chi connectivity index (χ0n) is 12.1. The second-order valence-corrected chi connectivity index (χ2v) is 5.01. The molecule has 5 N–H and O–H groups in total. The van der Waals surface area contributed by atoms with E-state index in [4.69, 9.17) is 16.9 Å². The van der Waals surface area contributed by atoms with E-state index in [1.54, 1.807) is 5.01 Å². The molecule has 2 aliphatic rings. The van der Waals surface area contributed by atoms with Crippen LogP contribution >= 0.6 is 24.8 Å². The van der Waals surface area contributed by atoms with Gasteiger partial charge >= 0.3 is 0 Å². The van der Waals surface area contributed by atoms with Crippen LogP contribution in [-0.4, -0.2) is 35.6 Å². The maximum Gasteiger partial charge on any atom is 0.212 e. The highest BCUT2D eigenvalue weighted by atomic mass is 35.5. The number of hydrazone groups is 1. The Balaban J connectivity index is 0.00000121. The number of hydrogen-bond acceptors (Lipinski definition) is 5. The van der Waals surface area contributed by atoms with Crippen molar-refractivity contribution in [2.75, 3.05) is 13.1 Å². The van der Waals surface area contributed by atoms with Crippen LogP contribution in [-0.2, 0) is 6.42 Å². The molecule has 0 amide bonds.